The molecule has 0 bridgehead atoms. The minimum absolute atomic E-state index is 0.133. The molecule has 5 nitrogen and oxygen atoms in total. The first-order valence-corrected chi connectivity index (χ1v) is 6.31. The van der Waals surface area contributed by atoms with Crippen molar-refractivity contribution in [2.75, 3.05) is 6.54 Å². The van der Waals surface area contributed by atoms with Gasteiger partial charge < -0.3 is 15.4 Å². The van der Waals surface area contributed by atoms with Crippen LogP contribution in [0.15, 0.2) is 23.1 Å². The highest BCUT2D eigenvalue weighted by Crippen LogP contribution is 2.23. The van der Waals surface area contributed by atoms with Crippen LogP contribution in [-0.4, -0.2) is 28.6 Å². The summed E-state index contributed by atoms with van der Waals surface area (Å²) < 4.78 is 0. The van der Waals surface area contributed by atoms with Crippen LogP contribution in [0.3, 0.4) is 0 Å². The lowest BCUT2D eigenvalue weighted by molar-refractivity contribution is 0.0872. The zero-order valence-electron chi connectivity index (χ0n) is 10.2. The van der Waals surface area contributed by atoms with Gasteiger partial charge in [-0.05, 0) is 37.3 Å². The summed E-state index contributed by atoms with van der Waals surface area (Å²) in [6, 6.07) is 3.13. The van der Waals surface area contributed by atoms with Crippen LogP contribution in [0.2, 0.25) is 0 Å². The van der Waals surface area contributed by atoms with Gasteiger partial charge in [-0.2, -0.15) is 0 Å². The van der Waals surface area contributed by atoms with Crippen LogP contribution < -0.4 is 10.9 Å². The van der Waals surface area contributed by atoms with Crippen LogP contribution in [0.5, 0.6) is 0 Å². The molecule has 2 unspecified atom stereocenters. The topological polar surface area (TPSA) is 82.2 Å². The Labute approximate surface area is 105 Å². The molecular formula is C13H18N2O3. The third kappa shape index (κ3) is 3.20. The van der Waals surface area contributed by atoms with Gasteiger partial charge in [-0.3, -0.25) is 9.59 Å². The highest BCUT2D eigenvalue weighted by molar-refractivity contribution is 5.93. The van der Waals surface area contributed by atoms with Crippen molar-refractivity contribution in [3.05, 3.63) is 34.2 Å². The Morgan fingerprint density at radius 3 is 3.06 bits per heavy atom. The van der Waals surface area contributed by atoms with Crippen molar-refractivity contribution in [1.82, 2.24) is 10.3 Å². The van der Waals surface area contributed by atoms with Gasteiger partial charge in [-0.25, -0.2) is 0 Å². The van der Waals surface area contributed by atoms with E-state index in [1.165, 1.54) is 12.3 Å². The number of H-pyrrole nitrogens is 1. The van der Waals surface area contributed by atoms with E-state index in [1.54, 1.807) is 6.07 Å². The van der Waals surface area contributed by atoms with E-state index < -0.39 is 0 Å². The Kier molecular flexibility index (Phi) is 4.15. The fourth-order valence-corrected chi connectivity index (χ4v) is 2.38. The molecule has 0 spiro atoms. The molecule has 0 aliphatic heterocycles. The van der Waals surface area contributed by atoms with E-state index in [4.69, 9.17) is 0 Å². The van der Waals surface area contributed by atoms with E-state index in [9.17, 15) is 14.7 Å². The van der Waals surface area contributed by atoms with Crippen LogP contribution in [0.1, 0.15) is 36.0 Å². The fraction of sp³-hybridized carbons (Fsp3) is 0.538. The van der Waals surface area contributed by atoms with Crippen LogP contribution in [-0.2, 0) is 0 Å². The first-order valence-electron chi connectivity index (χ1n) is 6.31. The SMILES string of the molecule is O=C(NCC1CCCC(O)C1)c1ccc[nH]c1=O. The van der Waals surface area contributed by atoms with E-state index in [0.29, 0.717) is 12.5 Å². The lowest BCUT2D eigenvalue weighted by Crippen LogP contribution is -2.35. The smallest absolute Gasteiger partial charge is 0.260 e. The summed E-state index contributed by atoms with van der Waals surface area (Å²) in [7, 11) is 0. The maximum Gasteiger partial charge on any atom is 0.260 e. The van der Waals surface area contributed by atoms with Gasteiger partial charge in [-0.1, -0.05) is 6.42 Å². The van der Waals surface area contributed by atoms with Crippen LogP contribution >= 0.6 is 0 Å². The van der Waals surface area contributed by atoms with Crippen LogP contribution in [0.4, 0.5) is 0 Å². The second-order valence-electron chi connectivity index (χ2n) is 4.81. The number of pyridine rings is 1. The van der Waals surface area contributed by atoms with Gasteiger partial charge in [0.2, 0.25) is 0 Å². The van der Waals surface area contributed by atoms with Crippen molar-refractivity contribution in [2.45, 2.75) is 31.8 Å². The van der Waals surface area contributed by atoms with Crippen molar-refractivity contribution < 1.29 is 9.90 Å². The number of aromatic nitrogens is 1. The number of aliphatic hydroxyl groups excluding tert-OH is 1. The van der Waals surface area contributed by atoms with Gasteiger partial charge in [0.05, 0.1) is 6.10 Å². The van der Waals surface area contributed by atoms with E-state index in [0.717, 1.165) is 25.7 Å². The molecule has 18 heavy (non-hydrogen) atoms. The zero-order valence-corrected chi connectivity index (χ0v) is 10.2. The largest absolute Gasteiger partial charge is 0.393 e. The summed E-state index contributed by atoms with van der Waals surface area (Å²) >= 11 is 0. The second kappa shape index (κ2) is 5.82. The summed E-state index contributed by atoms with van der Waals surface area (Å²) in [5.41, 5.74) is -0.243. The molecule has 1 saturated carbocycles. The van der Waals surface area contributed by atoms with Crippen molar-refractivity contribution in [1.29, 1.82) is 0 Å². The van der Waals surface area contributed by atoms with Crippen molar-refractivity contribution in [3.8, 4) is 0 Å². The number of hydrogen-bond acceptors (Lipinski definition) is 3. The van der Waals surface area contributed by atoms with Gasteiger partial charge in [0, 0.05) is 12.7 Å². The average Bonchev–Trinajstić information content (AvgIpc) is 2.37. The Hall–Kier alpha value is -1.62. The molecule has 98 valence electrons. The minimum Gasteiger partial charge on any atom is -0.393 e. The van der Waals surface area contributed by atoms with Gasteiger partial charge >= 0.3 is 0 Å². The summed E-state index contributed by atoms with van der Waals surface area (Å²) in [5, 5.41) is 12.3. The molecular weight excluding hydrogens is 232 g/mol. The minimum atomic E-state index is -0.376. The van der Waals surface area contributed by atoms with E-state index in [1.807, 2.05) is 0 Å². The standard InChI is InChI=1S/C13H18N2O3/c16-10-4-1-3-9(7-10)8-15-13(18)11-5-2-6-14-12(11)17/h2,5-6,9-10,16H,1,3-4,7-8H2,(H,14,17)(H,15,18). The molecule has 5 heteroatoms. The number of carbonyl (C=O) groups excluding carboxylic acids is 1. The molecule has 1 amide bonds. The summed E-state index contributed by atoms with van der Waals surface area (Å²) in [4.78, 5) is 25.7. The van der Waals surface area contributed by atoms with Gasteiger partial charge in [0.25, 0.3) is 11.5 Å². The lowest BCUT2D eigenvalue weighted by atomic mass is 9.87. The third-order valence-electron chi connectivity index (χ3n) is 3.37. The number of aromatic amines is 1. The quantitative estimate of drug-likeness (QED) is 0.737. The van der Waals surface area contributed by atoms with Gasteiger partial charge in [0.15, 0.2) is 0 Å². The number of amides is 1. The number of nitrogens with one attached hydrogen (secondary N) is 2. The summed E-state index contributed by atoms with van der Waals surface area (Å²) in [6.45, 7) is 0.518. The molecule has 1 heterocycles. The molecule has 1 aromatic rings. The summed E-state index contributed by atoms with van der Waals surface area (Å²) in [6.07, 6.45) is 4.83. The normalized spacial score (nSPS) is 23.6. The zero-order chi connectivity index (χ0) is 13.0. The van der Waals surface area contributed by atoms with Crippen molar-refractivity contribution in [2.24, 2.45) is 5.92 Å². The number of carbonyl (C=O) groups is 1. The maximum absolute atomic E-state index is 11.8. The summed E-state index contributed by atoms with van der Waals surface area (Å²) in [5.74, 6) is -0.0441. The van der Waals surface area contributed by atoms with Crippen molar-refractivity contribution >= 4 is 5.91 Å². The van der Waals surface area contributed by atoms with E-state index >= 15 is 0 Å². The molecule has 1 aromatic heterocycles. The number of hydrogen-bond donors (Lipinski definition) is 3. The molecule has 1 aliphatic rings. The van der Waals surface area contributed by atoms with Gasteiger partial charge in [-0.15, -0.1) is 0 Å². The lowest BCUT2D eigenvalue weighted by Gasteiger charge is -2.25. The molecule has 2 atom stereocenters. The molecule has 2 rings (SSSR count). The Bertz CT molecular complexity index is 469. The van der Waals surface area contributed by atoms with Crippen LogP contribution in [0, 0.1) is 5.92 Å². The first kappa shape index (κ1) is 12.8. The molecule has 1 aliphatic carbocycles. The average molecular weight is 250 g/mol. The second-order valence-corrected chi connectivity index (χ2v) is 4.81. The van der Waals surface area contributed by atoms with Crippen LogP contribution in [0.25, 0.3) is 0 Å². The van der Waals surface area contributed by atoms with Crippen molar-refractivity contribution in [3.63, 3.8) is 0 Å². The number of aliphatic hydroxyl groups is 1. The Balaban J connectivity index is 1.89. The third-order valence-corrected chi connectivity index (χ3v) is 3.37. The molecule has 1 fully saturated rings. The monoisotopic (exact) mass is 250 g/mol. The first-order chi connectivity index (χ1) is 8.66. The Morgan fingerprint density at radius 1 is 1.50 bits per heavy atom. The van der Waals surface area contributed by atoms with Gasteiger partial charge in [0.1, 0.15) is 5.56 Å². The molecule has 0 saturated heterocycles. The predicted molar refractivity (Wildman–Crippen MR) is 67.4 cm³/mol. The fourth-order valence-electron chi connectivity index (χ4n) is 2.38. The van der Waals surface area contributed by atoms with E-state index in [-0.39, 0.29) is 23.1 Å². The highest BCUT2D eigenvalue weighted by atomic mass is 16.3. The maximum atomic E-state index is 11.8. The van der Waals surface area contributed by atoms with E-state index in [2.05, 4.69) is 10.3 Å². The predicted octanol–water partition coefficient (Wildman–Crippen LogP) is 0.656. The molecule has 3 N–H and O–H groups in total. The number of rotatable bonds is 3. The highest BCUT2D eigenvalue weighted by Gasteiger charge is 2.21. The molecule has 0 radical (unpaired) electrons. The molecule has 0 aromatic carbocycles. The Morgan fingerprint density at radius 2 is 2.33 bits per heavy atom.